The Bertz CT molecular complexity index is 458. The molecule has 0 saturated carbocycles. The van der Waals surface area contributed by atoms with Crippen LogP contribution in [0.4, 0.5) is 0 Å². The van der Waals surface area contributed by atoms with Crippen molar-refractivity contribution in [2.24, 2.45) is 4.99 Å². The minimum Gasteiger partial charge on any atom is -0.357 e. The van der Waals surface area contributed by atoms with Crippen molar-refractivity contribution in [1.82, 2.24) is 15.6 Å². The van der Waals surface area contributed by atoms with Gasteiger partial charge in [0, 0.05) is 29.1 Å². The van der Waals surface area contributed by atoms with Crippen molar-refractivity contribution < 1.29 is 0 Å². The number of hydrogen-bond donors (Lipinski definition) is 2. The number of halogens is 1. The Morgan fingerprint density at radius 2 is 2.09 bits per heavy atom. The van der Waals surface area contributed by atoms with E-state index in [0.717, 1.165) is 24.7 Å². The molecule has 0 aromatic carbocycles. The Hall–Kier alpha value is -0.0200. The topological polar surface area (TPSA) is 49.3 Å². The first-order valence-electron chi connectivity index (χ1n) is 7.39. The molecular formula is C15H29IN4S2. The first-order chi connectivity index (χ1) is 9.88. The number of hydrogen-bond acceptors (Lipinski definition) is 4. The van der Waals surface area contributed by atoms with E-state index in [-0.39, 0.29) is 28.7 Å². The van der Waals surface area contributed by atoms with Gasteiger partial charge >= 0.3 is 0 Å². The summed E-state index contributed by atoms with van der Waals surface area (Å²) in [6, 6.07) is 0. The summed E-state index contributed by atoms with van der Waals surface area (Å²) in [4.78, 5) is 9.24. The Morgan fingerprint density at radius 1 is 1.41 bits per heavy atom. The number of rotatable bonds is 7. The molecule has 1 rings (SSSR count). The zero-order chi connectivity index (χ0) is 15.9. The summed E-state index contributed by atoms with van der Waals surface area (Å²) in [5.74, 6) is 1.35. The maximum atomic E-state index is 4.62. The molecule has 0 unspecified atom stereocenters. The van der Waals surface area contributed by atoms with Gasteiger partial charge in [-0.25, -0.2) is 9.98 Å². The monoisotopic (exact) mass is 456 g/mol. The van der Waals surface area contributed by atoms with E-state index in [0.29, 0.717) is 12.5 Å². The smallest absolute Gasteiger partial charge is 0.191 e. The molecule has 1 heterocycles. The molecule has 7 heteroatoms. The molecule has 128 valence electrons. The van der Waals surface area contributed by atoms with Crippen LogP contribution in [-0.4, -0.2) is 35.0 Å². The first-order valence-corrected chi connectivity index (χ1v) is 9.50. The van der Waals surface area contributed by atoms with Gasteiger partial charge < -0.3 is 10.6 Å². The minimum atomic E-state index is 0. The van der Waals surface area contributed by atoms with Crippen molar-refractivity contribution in [1.29, 1.82) is 0 Å². The van der Waals surface area contributed by atoms with E-state index in [4.69, 9.17) is 0 Å². The zero-order valence-electron chi connectivity index (χ0n) is 14.4. The number of aliphatic imine (C=N–C) groups is 1. The summed E-state index contributed by atoms with van der Waals surface area (Å²) in [6.45, 7) is 13.2. The average molecular weight is 456 g/mol. The average Bonchev–Trinajstić information content (AvgIpc) is 2.91. The molecule has 0 amide bonds. The van der Waals surface area contributed by atoms with Crippen molar-refractivity contribution in [3.63, 3.8) is 0 Å². The third-order valence-electron chi connectivity index (χ3n) is 3.04. The number of guanidine groups is 1. The summed E-state index contributed by atoms with van der Waals surface area (Å²) in [7, 11) is 0. The largest absolute Gasteiger partial charge is 0.357 e. The van der Waals surface area contributed by atoms with Crippen LogP contribution in [0.15, 0.2) is 10.4 Å². The molecule has 0 saturated heterocycles. The van der Waals surface area contributed by atoms with E-state index in [1.165, 1.54) is 5.01 Å². The highest BCUT2D eigenvalue weighted by atomic mass is 127. The normalized spacial score (nSPS) is 12.2. The number of nitrogens with zero attached hydrogens (tertiary/aromatic N) is 2. The van der Waals surface area contributed by atoms with Gasteiger partial charge in [-0.1, -0.05) is 13.8 Å². The fourth-order valence-electron chi connectivity index (χ4n) is 1.53. The molecule has 0 fully saturated rings. The van der Waals surface area contributed by atoms with Gasteiger partial charge in [0.05, 0.1) is 17.2 Å². The molecule has 1 aromatic rings. The van der Waals surface area contributed by atoms with Gasteiger partial charge in [-0.2, -0.15) is 11.8 Å². The van der Waals surface area contributed by atoms with E-state index >= 15 is 0 Å². The maximum Gasteiger partial charge on any atom is 0.191 e. The molecule has 1 aromatic heterocycles. The van der Waals surface area contributed by atoms with Crippen LogP contribution in [0.2, 0.25) is 0 Å². The van der Waals surface area contributed by atoms with Gasteiger partial charge in [0.25, 0.3) is 0 Å². The second-order valence-corrected chi connectivity index (χ2v) is 8.25. The van der Waals surface area contributed by atoms with Crippen LogP contribution in [0.3, 0.4) is 0 Å². The predicted molar refractivity (Wildman–Crippen MR) is 112 cm³/mol. The first kappa shape index (κ1) is 22.0. The Morgan fingerprint density at radius 3 is 2.59 bits per heavy atom. The fraction of sp³-hybridized carbons (Fsp3) is 0.733. The molecule has 0 radical (unpaired) electrons. The summed E-state index contributed by atoms with van der Waals surface area (Å²) in [6.07, 6.45) is 2.13. The molecule has 0 aliphatic carbocycles. The van der Waals surface area contributed by atoms with Crippen LogP contribution in [0.25, 0.3) is 0 Å². The number of aromatic nitrogens is 1. The summed E-state index contributed by atoms with van der Waals surface area (Å²) in [5.41, 5.74) is 1.05. The SMILES string of the molecule is CCNC(=NCc1csc(C(C)C)n1)NCC(C)(C)SC.I. The lowest BCUT2D eigenvalue weighted by molar-refractivity contribution is 0.664. The van der Waals surface area contributed by atoms with Gasteiger partial charge in [-0.3, -0.25) is 0 Å². The number of thiazole rings is 1. The van der Waals surface area contributed by atoms with E-state index < -0.39 is 0 Å². The molecule has 0 aliphatic rings. The van der Waals surface area contributed by atoms with Crippen LogP contribution in [0, 0.1) is 0 Å². The summed E-state index contributed by atoms with van der Waals surface area (Å²) < 4.78 is 0.196. The molecular weight excluding hydrogens is 427 g/mol. The lowest BCUT2D eigenvalue weighted by atomic mass is 10.2. The second-order valence-electron chi connectivity index (χ2n) is 5.84. The van der Waals surface area contributed by atoms with Crippen LogP contribution < -0.4 is 10.6 Å². The van der Waals surface area contributed by atoms with Crippen molar-refractivity contribution in [2.45, 2.75) is 51.8 Å². The molecule has 2 N–H and O–H groups in total. The van der Waals surface area contributed by atoms with E-state index in [1.54, 1.807) is 11.3 Å². The molecule has 4 nitrogen and oxygen atoms in total. The zero-order valence-corrected chi connectivity index (χ0v) is 18.4. The highest BCUT2D eigenvalue weighted by molar-refractivity contribution is 14.0. The second kappa shape index (κ2) is 10.7. The van der Waals surface area contributed by atoms with Crippen LogP contribution in [-0.2, 0) is 6.54 Å². The summed E-state index contributed by atoms with van der Waals surface area (Å²) >= 11 is 3.57. The van der Waals surface area contributed by atoms with Crippen LogP contribution >= 0.6 is 47.1 Å². The molecule has 0 aliphatic heterocycles. The Labute approximate surface area is 160 Å². The van der Waals surface area contributed by atoms with E-state index in [1.807, 2.05) is 11.8 Å². The number of thioether (sulfide) groups is 1. The standard InChI is InChI=1S/C15H28N4S2.HI/c1-7-16-14(18-10-15(4,5)20-6)17-8-12-9-21-13(19-12)11(2)3;/h9,11H,7-8,10H2,1-6H3,(H2,16,17,18);1H. The van der Waals surface area contributed by atoms with Gasteiger partial charge in [0.1, 0.15) is 0 Å². The van der Waals surface area contributed by atoms with Crippen molar-refractivity contribution in [2.75, 3.05) is 19.3 Å². The lowest BCUT2D eigenvalue weighted by Gasteiger charge is -2.23. The van der Waals surface area contributed by atoms with Crippen LogP contribution in [0.1, 0.15) is 51.2 Å². The molecule has 22 heavy (non-hydrogen) atoms. The highest BCUT2D eigenvalue weighted by Crippen LogP contribution is 2.20. The van der Waals surface area contributed by atoms with Gasteiger partial charge in [0.15, 0.2) is 5.96 Å². The van der Waals surface area contributed by atoms with Gasteiger partial charge in [-0.05, 0) is 27.0 Å². The third-order valence-corrected chi connectivity index (χ3v) is 5.48. The predicted octanol–water partition coefficient (Wildman–Crippen LogP) is 4.08. The minimum absolute atomic E-state index is 0. The molecule has 0 atom stereocenters. The van der Waals surface area contributed by atoms with Gasteiger partial charge in [0.2, 0.25) is 0 Å². The molecule has 0 spiro atoms. The third kappa shape index (κ3) is 8.01. The molecule has 0 bridgehead atoms. The van der Waals surface area contributed by atoms with Crippen molar-refractivity contribution in [3.05, 3.63) is 16.1 Å². The van der Waals surface area contributed by atoms with Crippen molar-refractivity contribution in [3.8, 4) is 0 Å². The quantitative estimate of drug-likeness (QED) is 0.369. The van der Waals surface area contributed by atoms with Gasteiger partial charge in [-0.15, -0.1) is 35.3 Å². The fourth-order valence-corrected chi connectivity index (χ4v) is 2.57. The Balaban J connectivity index is 0.00000441. The highest BCUT2D eigenvalue weighted by Gasteiger charge is 2.16. The van der Waals surface area contributed by atoms with E-state index in [9.17, 15) is 0 Å². The summed E-state index contributed by atoms with van der Waals surface area (Å²) in [5, 5.41) is 9.98. The maximum absolute atomic E-state index is 4.62. The van der Waals surface area contributed by atoms with E-state index in [2.05, 4.69) is 66.9 Å². The lowest BCUT2D eigenvalue weighted by Crippen LogP contribution is -2.43. The Kier molecular flexibility index (Phi) is 10.7. The number of nitrogens with one attached hydrogen (secondary N) is 2. The van der Waals surface area contributed by atoms with Crippen molar-refractivity contribution >= 4 is 53.0 Å². The van der Waals surface area contributed by atoms with Crippen LogP contribution in [0.5, 0.6) is 0 Å².